The van der Waals surface area contributed by atoms with Gasteiger partial charge in [0.15, 0.2) is 0 Å². The maximum Gasteiger partial charge on any atom is 0.232 e. The van der Waals surface area contributed by atoms with Crippen LogP contribution in [0, 0.1) is 0 Å². The van der Waals surface area contributed by atoms with Crippen LogP contribution in [0.1, 0.15) is 12.8 Å². The molecule has 2 aromatic rings. The Morgan fingerprint density at radius 2 is 1.71 bits per heavy atom. The first kappa shape index (κ1) is 21.6. The number of para-hydroxylation sites is 1. The minimum atomic E-state index is -3.45. The van der Waals surface area contributed by atoms with Crippen LogP contribution < -0.4 is 19.1 Å². The molecule has 1 amide bonds. The third-order valence-electron chi connectivity index (χ3n) is 3.96. The van der Waals surface area contributed by atoms with E-state index in [0.717, 1.165) is 12.0 Å². The highest BCUT2D eigenvalue weighted by Gasteiger charge is 2.17. The maximum absolute atomic E-state index is 12.1. The van der Waals surface area contributed by atoms with E-state index < -0.39 is 10.0 Å². The second-order valence-electron chi connectivity index (χ2n) is 6.15. The third kappa shape index (κ3) is 7.11. The molecule has 152 valence electrons. The Balaban J connectivity index is 1.75. The number of sulfonamides is 1. The fourth-order valence-corrected chi connectivity index (χ4v) is 3.55. The van der Waals surface area contributed by atoms with Crippen LogP contribution in [0.3, 0.4) is 0 Å². The van der Waals surface area contributed by atoms with Crippen molar-refractivity contribution < 1.29 is 22.7 Å². The molecule has 2 aromatic carbocycles. The van der Waals surface area contributed by atoms with Crippen LogP contribution in [0.4, 0.5) is 5.69 Å². The van der Waals surface area contributed by atoms with E-state index in [1.807, 2.05) is 30.3 Å². The Labute approximate surface area is 166 Å². The molecule has 0 unspecified atom stereocenters. The average Bonchev–Trinajstić information content (AvgIpc) is 2.68. The number of amides is 1. The third-order valence-corrected chi connectivity index (χ3v) is 5.16. The van der Waals surface area contributed by atoms with E-state index >= 15 is 0 Å². The van der Waals surface area contributed by atoms with Gasteiger partial charge >= 0.3 is 0 Å². The number of carbonyl (C=O) groups is 1. The van der Waals surface area contributed by atoms with Gasteiger partial charge in [0, 0.05) is 13.0 Å². The predicted octanol–water partition coefficient (Wildman–Crippen LogP) is 2.44. The smallest absolute Gasteiger partial charge is 0.232 e. The van der Waals surface area contributed by atoms with E-state index in [9.17, 15) is 13.2 Å². The molecule has 0 bridgehead atoms. The summed E-state index contributed by atoms with van der Waals surface area (Å²) in [5.41, 5.74) is 0.542. The highest BCUT2D eigenvalue weighted by molar-refractivity contribution is 7.92. The number of ether oxygens (including phenoxy) is 2. The summed E-state index contributed by atoms with van der Waals surface area (Å²) in [6.45, 7) is 0.984. The largest absolute Gasteiger partial charge is 0.497 e. The molecule has 0 aromatic heterocycles. The Morgan fingerprint density at radius 1 is 1.04 bits per heavy atom. The Kier molecular flexibility index (Phi) is 8.13. The lowest BCUT2D eigenvalue weighted by atomic mass is 10.2. The van der Waals surface area contributed by atoms with E-state index in [1.165, 1.54) is 4.31 Å². The van der Waals surface area contributed by atoms with Crippen LogP contribution in [0.15, 0.2) is 54.6 Å². The number of anilines is 1. The summed E-state index contributed by atoms with van der Waals surface area (Å²) >= 11 is 0. The van der Waals surface area contributed by atoms with Crippen LogP contribution in [0.25, 0.3) is 0 Å². The molecule has 0 aliphatic rings. The highest BCUT2D eigenvalue weighted by Crippen LogP contribution is 2.21. The van der Waals surface area contributed by atoms with Gasteiger partial charge < -0.3 is 14.8 Å². The first-order valence-corrected chi connectivity index (χ1v) is 10.8. The van der Waals surface area contributed by atoms with Crippen LogP contribution in [-0.2, 0) is 14.8 Å². The molecule has 0 aliphatic carbocycles. The van der Waals surface area contributed by atoms with Gasteiger partial charge in [0.2, 0.25) is 15.9 Å². The quantitative estimate of drug-likeness (QED) is 0.580. The van der Waals surface area contributed by atoms with E-state index in [1.54, 1.807) is 31.4 Å². The maximum atomic E-state index is 12.1. The Morgan fingerprint density at radius 3 is 2.32 bits per heavy atom. The minimum Gasteiger partial charge on any atom is -0.497 e. The van der Waals surface area contributed by atoms with Crippen molar-refractivity contribution in [3.05, 3.63) is 54.6 Å². The zero-order valence-corrected chi connectivity index (χ0v) is 16.9. The Hall–Kier alpha value is -2.74. The summed E-state index contributed by atoms with van der Waals surface area (Å²) in [5, 5.41) is 2.77. The van der Waals surface area contributed by atoms with Crippen molar-refractivity contribution in [3.8, 4) is 11.5 Å². The molecule has 0 fully saturated rings. The topological polar surface area (TPSA) is 84.9 Å². The zero-order chi connectivity index (χ0) is 20.4. The molecule has 0 saturated heterocycles. The molecule has 2 rings (SSSR count). The number of benzene rings is 2. The molecule has 0 atom stereocenters. The SMILES string of the molecule is COc1ccc(N(CCCC(=O)NCCOc2ccccc2)S(C)(=O)=O)cc1. The molecule has 7 nitrogen and oxygen atoms in total. The minimum absolute atomic E-state index is 0.139. The number of rotatable bonds is 11. The molecule has 0 saturated carbocycles. The van der Waals surface area contributed by atoms with Crippen LogP contribution in [-0.4, -0.2) is 47.4 Å². The van der Waals surface area contributed by atoms with Gasteiger partial charge in [-0.2, -0.15) is 0 Å². The normalized spacial score (nSPS) is 10.9. The zero-order valence-electron chi connectivity index (χ0n) is 16.1. The van der Waals surface area contributed by atoms with Crippen molar-refractivity contribution in [2.45, 2.75) is 12.8 Å². The van der Waals surface area contributed by atoms with Crippen molar-refractivity contribution in [1.29, 1.82) is 0 Å². The van der Waals surface area contributed by atoms with Gasteiger partial charge in [-0.1, -0.05) is 18.2 Å². The summed E-state index contributed by atoms with van der Waals surface area (Å²) in [4.78, 5) is 12.0. The van der Waals surface area contributed by atoms with Crippen molar-refractivity contribution in [2.75, 3.05) is 37.4 Å². The average molecular weight is 407 g/mol. The molecule has 1 N–H and O–H groups in total. The van der Waals surface area contributed by atoms with Gasteiger partial charge in [-0.25, -0.2) is 8.42 Å². The molecule has 0 heterocycles. The van der Waals surface area contributed by atoms with Crippen molar-refractivity contribution in [2.24, 2.45) is 0 Å². The van der Waals surface area contributed by atoms with E-state index in [-0.39, 0.29) is 18.9 Å². The summed E-state index contributed by atoms with van der Waals surface area (Å²) < 4.78 is 36.1. The van der Waals surface area contributed by atoms with Crippen LogP contribution in [0.5, 0.6) is 11.5 Å². The molecular weight excluding hydrogens is 380 g/mol. The monoisotopic (exact) mass is 406 g/mol. The van der Waals surface area contributed by atoms with Gasteiger partial charge in [-0.15, -0.1) is 0 Å². The number of methoxy groups -OCH3 is 1. The first-order valence-electron chi connectivity index (χ1n) is 8.96. The lowest BCUT2D eigenvalue weighted by Gasteiger charge is -2.22. The summed E-state index contributed by atoms with van der Waals surface area (Å²) in [6.07, 6.45) is 1.79. The van der Waals surface area contributed by atoms with Gasteiger partial charge in [0.05, 0.1) is 25.6 Å². The summed E-state index contributed by atoms with van der Waals surface area (Å²) in [7, 11) is -1.90. The summed E-state index contributed by atoms with van der Waals surface area (Å²) in [5.74, 6) is 1.26. The lowest BCUT2D eigenvalue weighted by molar-refractivity contribution is -0.121. The molecule has 0 radical (unpaired) electrons. The van der Waals surface area contributed by atoms with E-state index in [0.29, 0.717) is 31.0 Å². The molecule has 28 heavy (non-hydrogen) atoms. The molecule has 0 spiro atoms. The second-order valence-corrected chi connectivity index (χ2v) is 8.05. The van der Waals surface area contributed by atoms with Gasteiger partial charge in [-0.05, 0) is 42.8 Å². The van der Waals surface area contributed by atoms with E-state index in [4.69, 9.17) is 9.47 Å². The van der Waals surface area contributed by atoms with Gasteiger partial charge in [-0.3, -0.25) is 9.10 Å². The molecule has 8 heteroatoms. The van der Waals surface area contributed by atoms with Gasteiger partial charge in [0.1, 0.15) is 18.1 Å². The highest BCUT2D eigenvalue weighted by atomic mass is 32.2. The van der Waals surface area contributed by atoms with Crippen molar-refractivity contribution in [3.63, 3.8) is 0 Å². The summed E-state index contributed by atoms with van der Waals surface area (Å²) in [6, 6.07) is 16.1. The second kappa shape index (κ2) is 10.6. The number of hydrogen-bond donors (Lipinski definition) is 1. The lowest BCUT2D eigenvalue weighted by Crippen LogP contribution is -2.32. The number of nitrogens with zero attached hydrogens (tertiary/aromatic N) is 1. The molecule has 0 aliphatic heterocycles. The standard InChI is InChI=1S/C20H26N2O5S/c1-26-18-12-10-17(11-13-18)22(28(2,24)25)15-6-9-20(23)21-14-16-27-19-7-4-3-5-8-19/h3-5,7-8,10-13H,6,9,14-16H2,1-2H3,(H,21,23). The van der Waals surface area contributed by atoms with Crippen molar-refractivity contribution in [1.82, 2.24) is 5.32 Å². The Bertz CT molecular complexity index is 839. The fraction of sp³-hybridized carbons (Fsp3) is 0.350. The number of nitrogens with one attached hydrogen (secondary N) is 1. The first-order chi connectivity index (χ1) is 13.4. The van der Waals surface area contributed by atoms with E-state index in [2.05, 4.69) is 5.32 Å². The number of carbonyl (C=O) groups excluding carboxylic acids is 1. The predicted molar refractivity (Wildman–Crippen MR) is 109 cm³/mol. The fourth-order valence-electron chi connectivity index (χ4n) is 2.58. The van der Waals surface area contributed by atoms with Crippen LogP contribution in [0.2, 0.25) is 0 Å². The van der Waals surface area contributed by atoms with Gasteiger partial charge in [0.25, 0.3) is 0 Å². The van der Waals surface area contributed by atoms with Crippen LogP contribution >= 0.6 is 0 Å². The number of hydrogen-bond acceptors (Lipinski definition) is 5. The van der Waals surface area contributed by atoms with Crippen molar-refractivity contribution >= 4 is 21.6 Å². The molecular formula is C20H26N2O5S.